The van der Waals surface area contributed by atoms with Gasteiger partial charge in [0.1, 0.15) is 12.6 Å². The number of carbonyl (C=O) groups is 2. The maximum absolute atomic E-state index is 14.2. The Kier molecular flexibility index (Phi) is 10.7. The van der Waals surface area contributed by atoms with Crippen molar-refractivity contribution in [2.45, 2.75) is 50.7 Å². The molecule has 1 atom stereocenters. The zero-order valence-electron chi connectivity index (χ0n) is 22.6. The molecule has 4 rings (SSSR count). The number of rotatable bonds is 11. The first-order valence-corrected chi connectivity index (χ1v) is 16.7. The van der Waals surface area contributed by atoms with E-state index in [0.29, 0.717) is 21.3 Å². The first-order chi connectivity index (χ1) is 19.5. The Morgan fingerprint density at radius 2 is 1.66 bits per heavy atom. The minimum Gasteiger partial charge on any atom is -0.352 e. The smallest absolute Gasteiger partial charge is 0.244 e. The van der Waals surface area contributed by atoms with Crippen LogP contribution in [0.3, 0.4) is 0 Å². The Labute approximate surface area is 260 Å². The van der Waals surface area contributed by atoms with Crippen LogP contribution in [0.5, 0.6) is 0 Å². The summed E-state index contributed by atoms with van der Waals surface area (Å²) >= 11 is 16.0. The molecule has 0 radical (unpaired) electrons. The summed E-state index contributed by atoms with van der Waals surface area (Å²) in [7, 11) is -3.84. The Morgan fingerprint density at radius 3 is 2.27 bits per heavy atom. The highest BCUT2D eigenvalue weighted by atomic mass is 79.9. The van der Waals surface area contributed by atoms with E-state index in [0.717, 1.165) is 46.3 Å². The molecule has 1 aliphatic rings. The van der Waals surface area contributed by atoms with Gasteiger partial charge in [0.25, 0.3) is 0 Å². The van der Waals surface area contributed by atoms with Crippen molar-refractivity contribution in [1.29, 1.82) is 0 Å². The van der Waals surface area contributed by atoms with Gasteiger partial charge in [0, 0.05) is 33.5 Å². The summed E-state index contributed by atoms with van der Waals surface area (Å²) < 4.78 is 27.6. The largest absolute Gasteiger partial charge is 0.352 e. The van der Waals surface area contributed by atoms with Crippen molar-refractivity contribution < 1.29 is 18.0 Å². The minimum atomic E-state index is -3.84. The zero-order valence-corrected chi connectivity index (χ0v) is 26.5. The average Bonchev–Trinajstić information content (AvgIpc) is 3.44. The van der Waals surface area contributed by atoms with Gasteiger partial charge in [-0.05, 0) is 60.4 Å². The standard InChI is InChI=1S/C30H32BrCl2N3O4S/c1-41(39,40)36(26-15-12-23(31)13-16-26)20-29(37)35(19-22-11-14-24(32)18-27(22)33)28(17-21-7-3-2-4-8-21)30(38)34-25-9-5-6-10-25/h2-4,7-8,11-16,18,25,28H,5-6,9-10,17,19-20H2,1H3,(H,34,38). The lowest BCUT2D eigenvalue weighted by Gasteiger charge is -2.34. The maximum atomic E-state index is 14.2. The highest BCUT2D eigenvalue weighted by molar-refractivity contribution is 9.10. The SMILES string of the molecule is CS(=O)(=O)N(CC(=O)N(Cc1ccc(Cl)cc1Cl)C(Cc1ccccc1)C(=O)NC1CCCC1)c1ccc(Br)cc1. The summed E-state index contributed by atoms with van der Waals surface area (Å²) in [5.74, 6) is -0.819. The number of anilines is 1. The van der Waals surface area contributed by atoms with Crippen LogP contribution >= 0.6 is 39.1 Å². The number of sulfonamides is 1. The van der Waals surface area contributed by atoms with Gasteiger partial charge in [-0.15, -0.1) is 0 Å². The van der Waals surface area contributed by atoms with Crippen molar-refractivity contribution in [3.8, 4) is 0 Å². The molecule has 218 valence electrons. The van der Waals surface area contributed by atoms with Crippen LogP contribution < -0.4 is 9.62 Å². The van der Waals surface area contributed by atoms with Crippen LogP contribution in [-0.4, -0.2) is 50.0 Å². The molecule has 1 unspecified atom stereocenters. The number of hydrogen-bond donors (Lipinski definition) is 1. The third kappa shape index (κ3) is 8.70. The van der Waals surface area contributed by atoms with E-state index in [1.165, 1.54) is 4.90 Å². The Morgan fingerprint density at radius 1 is 1.00 bits per heavy atom. The van der Waals surface area contributed by atoms with Gasteiger partial charge in [-0.3, -0.25) is 13.9 Å². The predicted octanol–water partition coefficient (Wildman–Crippen LogP) is 6.22. The van der Waals surface area contributed by atoms with Gasteiger partial charge >= 0.3 is 0 Å². The monoisotopic (exact) mass is 679 g/mol. The van der Waals surface area contributed by atoms with Gasteiger partial charge in [0.05, 0.1) is 11.9 Å². The van der Waals surface area contributed by atoms with E-state index in [-0.39, 0.29) is 24.9 Å². The molecule has 0 aromatic heterocycles. The number of nitrogens with one attached hydrogen (secondary N) is 1. The second-order valence-electron chi connectivity index (χ2n) is 10.2. The van der Waals surface area contributed by atoms with Crippen molar-refractivity contribution in [2.24, 2.45) is 0 Å². The lowest BCUT2D eigenvalue weighted by molar-refractivity contribution is -0.140. The van der Waals surface area contributed by atoms with Crippen LogP contribution in [-0.2, 0) is 32.6 Å². The number of nitrogens with zero attached hydrogens (tertiary/aromatic N) is 2. The van der Waals surface area contributed by atoms with E-state index >= 15 is 0 Å². The van der Waals surface area contributed by atoms with Gasteiger partial charge in [0.15, 0.2) is 0 Å². The molecule has 0 aliphatic heterocycles. The molecule has 0 spiro atoms. The quantitative estimate of drug-likeness (QED) is 0.261. The van der Waals surface area contributed by atoms with Gasteiger partial charge in [-0.2, -0.15) is 0 Å². The fraction of sp³-hybridized carbons (Fsp3) is 0.333. The Bertz CT molecular complexity index is 1470. The summed E-state index contributed by atoms with van der Waals surface area (Å²) in [6.45, 7) is -0.504. The Hall–Kier alpha value is -2.59. The molecule has 11 heteroatoms. The average molecular weight is 681 g/mol. The van der Waals surface area contributed by atoms with E-state index < -0.39 is 28.5 Å². The van der Waals surface area contributed by atoms with Crippen molar-refractivity contribution >= 4 is 66.7 Å². The van der Waals surface area contributed by atoms with Crippen LogP contribution in [0.1, 0.15) is 36.8 Å². The molecule has 3 aromatic carbocycles. The summed E-state index contributed by atoms with van der Waals surface area (Å²) in [5, 5.41) is 3.93. The van der Waals surface area contributed by atoms with Gasteiger partial charge in [-0.1, -0.05) is 88.4 Å². The zero-order chi connectivity index (χ0) is 29.6. The van der Waals surface area contributed by atoms with Crippen LogP contribution in [0.2, 0.25) is 10.0 Å². The normalized spacial score (nSPS) is 14.4. The second kappa shape index (κ2) is 14.1. The summed E-state index contributed by atoms with van der Waals surface area (Å²) in [6, 6.07) is 20.2. The van der Waals surface area contributed by atoms with Crippen LogP contribution in [0, 0.1) is 0 Å². The highest BCUT2D eigenvalue weighted by Gasteiger charge is 2.34. The van der Waals surface area contributed by atoms with Gasteiger partial charge in [0.2, 0.25) is 21.8 Å². The molecule has 7 nitrogen and oxygen atoms in total. The third-order valence-electron chi connectivity index (χ3n) is 7.12. The molecule has 1 fully saturated rings. The van der Waals surface area contributed by atoms with E-state index in [4.69, 9.17) is 23.2 Å². The molecule has 1 N–H and O–H groups in total. The molecular weight excluding hydrogens is 649 g/mol. The molecule has 41 heavy (non-hydrogen) atoms. The second-order valence-corrected chi connectivity index (χ2v) is 13.9. The summed E-state index contributed by atoms with van der Waals surface area (Å²) in [6.07, 6.45) is 5.13. The van der Waals surface area contributed by atoms with Crippen molar-refractivity contribution in [3.05, 3.63) is 98.4 Å². The highest BCUT2D eigenvalue weighted by Crippen LogP contribution is 2.26. The number of benzene rings is 3. The Balaban J connectivity index is 1.74. The number of halogens is 3. The first kappa shape index (κ1) is 31.3. The van der Waals surface area contributed by atoms with E-state index in [1.54, 1.807) is 42.5 Å². The molecular formula is C30H32BrCl2N3O4S. The van der Waals surface area contributed by atoms with Gasteiger partial charge < -0.3 is 10.2 Å². The van der Waals surface area contributed by atoms with Crippen molar-refractivity contribution in [2.75, 3.05) is 17.1 Å². The number of carbonyl (C=O) groups excluding carboxylic acids is 2. The number of amides is 2. The molecule has 0 heterocycles. The molecule has 2 amide bonds. The van der Waals surface area contributed by atoms with Crippen molar-refractivity contribution in [1.82, 2.24) is 10.2 Å². The van der Waals surface area contributed by atoms with E-state index in [1.807, 2.05) is 30.3 Å². The molecule has 3 aromatic rings. The lowest BCUT2D eigenvalue weighted by Crippen LogP contribution is -2.54. The fourth-order valence-corrected chi connectivity index (χ4v) is 6.56. The molecule has 1 saturated carbocycles. The maximum Gasteiger partial charge on any atom is 0.244 e. The van der Waals surface area contributed by atoms with E-state index in [9.17, 15) is 18.0 Å². The topological polar surface area (TPSA) is 86.8 Å². The molecule has 0 saturated heterocycles. The summed E-state index contributed by atoms with van der Waals surface area (Å²) in [5.41, 5.74) is 1.79. The minimum absolute atomic E-state index is 0.0115. The van der Waals surface area contributed by atoms with Crippen LogP contribution in [0.4, 0.5) is 5.69 Å². The lowest BCUT2D eigenvalue weighted by atomic mass is 10.0. The van der Waals surface area contributed by atoms with Crippen LogP contribution in [0.15, 0.2) is 77.3 Å². The first-order valence-electron chi connectivity index (χ1n) is 13.3. The van der Waals surface area contributed by atoms with E-state index in [2.05, 4.69) is 21.2 Å². The van der Waals surface area contributed by atoms with Crippen LogP contribution in [0.25, 0.3) is 0 Å². The fourth-order valence-electron chi connectivity index (χ4n) is 4.98. The van der Waals surface area contributed by atoms with Crippen molar-refractivity contribution in [3.63, 3.8) is 0 Å². The number of hydrogen-bond acceptors (Lipinski definition) is 4. The third-order valence-corrected chi connectivity index (χ3v) is 9.38. The predicted molar refractivity (Wildman–Crippen MR) is 168 cm³/mol. The molecule has 1 aliphatic carbocycles. The summed E-state index contributed by atoms with van der Waals surface area (Å²) in [4.78, 5) is 29.5. The molecule has 0 bridgehead atoms. The van der Waals surface area contributed by atoms with Gasteiger partial charge in [-0.25, -0.2) is 8.42 Å².